The number of para-hydroxylation sites is 2. The molecule has 0 saturated heterocycles. The number of carbonyl (C=O) groups excluding carboxylic acids is 1. The van der Waals surface area contributed by atoms with E-state index in [1.807, 2.05) is 0 Å². The Morgan fingerprint density at radius 1 is 1.33 bits per heavy atom. The molecule has 3 N–H and O–H groups in total. The maximum Gasteiger partial charge on any atom is 0.415 e. The number of hydrogen-bond donors (Lipinski definition) is 2. The quantitative estimate of drug-likeness (QED) is 0.874. The minimum Gasteiger partial charge on any atom is -0.495 e. The standard InChI is InChI=1S/C11H13F3N2O2/c1-10(15,11(12,13)14)9(17)16-7-5-3-4-6-8(7)18-2/h3-6H,15H2,1-2H3,(H,16,17). The van der Waals surface area contributed by atoms with Gasteiger partial charge in [0.1, 0.15) is 5.75 Å². The number of carbonyl (C=O) groups is 1. The summed E-state index contributed by atoms with van der Waals surface area (Å²) in [4.78, 5) is 11.5. The van der Waals surface area contributed by atoms with Crippen LogP contribution in [0.2, 0.25) is 0 Å². The van der Waals surface area contributed by atoms with Crippen LogP contribution in [0.5, 0.6) is 5.75 Å². The number of nitrogens with two attached hydrogens (primary N) is 1. The average Bonchev–Trinajstić information content (AvgIpc) is 2.28. The fraction of sp³-hybridized carbons (Fsp3) is 0.364. The van der Waals surface area contributed by atoms with Crippen molar-refractivity contribution in [1.29, 1.82) is 0 Å². The summed E-state index contributed by atoms with van der Waals surface area (Å²) in [5.41, 5.74) is 2.16. The Hall–Kier alpha value is -1.76. The molecular formula is C11H13F3N2O2. The fourth-order valence-corrected chi connectivity index (χ4v) is 1.13. The summed E-state index contributed by atoms with van der Waals surface area (Å²) in [5.74, 6) is -1.09. The summed E-state index contributed by atoms with van der Waals surface area (Å²) < 4.78 is 42.6. The number of halogens is 3. The van der Waals surface area contributed by atoms with Crippen molar-refractivity contribution in [2.24, 2.45) is 5.73 Å². The minimum absolute atomic E-state index is 0.130. The van der Waals surface area contributed by atoms with Gasteiger partial charge in [-0.2, -0.15) is 13.2 Å². The van der Waals surface area contributed by atoms with Gasteiger partial charge in [0.2, 0.25) is 0 Å². The van der Waals surface area contributed by atoms with E-state index in [1.54, 1.807) is 12.1 Å². The van der Waals surface area contributed by atoms with Crippen LogP contribution in [0.1, 0.15) is 6.92 Å². The first-order chi connectivity index (χ1) is 8.20. The van der Waals surface area contributed by atoms with Crippen molar-refractivity contribution >= 4 is 11.6 Å². The molecule has 1 aromatic carbocycles. The highest BCUT2D eigenvalue weighted by Gasteiger charge is 2.54. The number of alkyl halides is 3. The molecule has 0 aromatic heterocycles. The predicted molar refractivity (Wildman–Crippen MR) is 60.3 cm³/mol. The van der Waals surface area contributed by atoms with Crippen molar-refractivity contribution in [3.05, 3.63) is 24.3 Å². The molecular weight excluding hydrogens is 249 g/mol. The van der Waals surface area contributed by atoms with Gasteiger partial charge in [0.15, 0.2) is 5.54 Å². The summed E-state index contributed by atoms with van der Waals surface area (Å²) in [6, 6.07) is 6.11. The molecule has 0 fully saturated rings. The molecule has 7 heteroatoms. The first-order valence-electron chi connectivity index (χ1n) is 5.00. The van der Waals surface area contributed by atoms with Gasteiger partial charge in [-0.15, -0.1) is 0 Å². The van der Waals surface area contributed by atoms with Gasteiger partial charge in [-0.3, -0.25) is 4.79 Å². The molecule has 0 bridgehead atoms. The maximum absolute atomic E-state index is 12.6. The van der Waals surface area contributed by atoms with Crippen LogP contribution in [0.15, 0.2) is 24.3 Å². The minimum atomic E-state index is -4.83. The molecule has 0 aliphatic carbocycles. The largest absolute Gasteiger partial charge is 0.495 e. The second-order valence-electron chi connectivity index (χ2n) is 3.85. The van der Waals surface area contributed by atoms with Crippen LogP contribution in [0.3, 0.4) is 0 Å². The first-order valence-corrected chi connectivity index (χ1v) is 5.00. The number of methoxy groups -OCH3 is 1. The summed E-state index contributed by atoms with van der Waals surface area (Å²) in [7, 11) is 1.34. The highest BCUT2D eigenvalue weighted by molar-refractivity contribution is 5.99. The predicted octanol–water partition coefficient (Wildman–Crippen LogP) is 1.91. The van der Waals surface area contributed by atoms with Crippen molar-refractivity contribution in [3.8, 4) is 5.75 Å². The lowest BCUT2D eigenvalue weighted by molar-refractivity contribution is -0.184. The molecule has 1 aromatic rings. The van der Waals surface area contributed by atoms with Crippen molar-refractivity contribution < 1.29 is 22.7 Å². The Kier molecular flexibility index (Phi) is 3.85. The lowest BCUT2D eigenvalue weighted by Crippen LogP contribution is -2.59. The van der Waals surface area contributed by atoms with Gasteiger partial charge in [0, 0.05) is 0 Å². The van der Waals surface area contributed by atoms with E-state index in [1.165, 1.54) is 19.2 Å². The maximum atomic E-state index is 12.6. The third-order valence-electron chi connectivity index (χ3n) is 2.42. The summed E-state index contributed by atoms with van der Waals surface area (Å²) in [6.07, 6.45) is -4.83. The van der Waals surface area contributed by atoms with E-state index in [2.05, 4.69) is 5.32 Å². The van der Waals surface area contributed by atoms with E-state index < -0.39 is 17.6 Å². The van der Waals surface area contributed by atoms with Crippen LogP contribution in [0, 0.1) is 0 Å². The van der Waals surface area contributed by atoms with E-state index in [0.29, 0.717) is 6.92 Å². The summed E-state index contributed by atoms with van der Waals surface area (Å²) >= 11 is 0. The van der Waals surface area contributed by atoms with Crippen molar-refractivity contribution in [2.45, 2.75) is 18.6 Å². The van der Waals surface area contributed by atoms with Gasteiger partial charge in [0.25, 0.3) is 5.91 Å². The molecule has 0 aliphatic heterocycles. The Balaban J connectivity index is 2.95. The van der Waals surface area contributed by atoms with Crippen LogP contribution in [0.4, 0.5) is 18.9 Å². The van der Waals surface area contributed by atoms with Crippen LogP contribution in [0.25, 0.3) is 0 Å². The molecule has 0 radical (unpaired) electrons. The Bertz CT molecular complexity index is 444. The van der Waals surface area contributed by atoms with Crippen molar-refractivity contribution in [1.82, 2.24) is 0 Å². The Morgan fingerprint density at radius 2 is 1.89 bits per heavy atom. The van der Waals surface area contributed by atoms with E-state index in [-0.39, 0.29) is 11.4 Å². The summed E-state index contributed by atoms with van der Waals surface area (Å²) in [5, 5.41) is 2.10. The van der Waals surface area contributed by atoms with Gasteiger partial charge in [-0.25, -0.2) is 0 Å². The van der Waals surface area contributed by atoms with E-state index in [0.717, 1.165) is 0 Å². The number of rotatable bonds is 3. The molecule has 1 atom stereocenters. The summed E-state index contributed by atoms with van der Waals surface area (Å²) in [6.45, 7) is 0.609. The molecule has 4 nitrogen and oxygen atoms in total. The molecule has 0 heterocycles. The zero-order valence-corrected chi connectivity index (χ0v) is 9.84. The van der Waals surface area contributed by atoms with E-state index in [4.69, 9.17) is 10.5 Å². The van der Waals surface area contributed by atoms with Crippen LogP contribution in [-0.2, 0) is 4.79 Å². The molecule has 0 aliphatic rings. The molecule has 1 rings (SSSR count). The van der Waals surface area contributed by atoms with E-state index >= 15 is 0 Å². The third kappa shape index (κ3) is 2.73. The smallest absolute Gasteiger partial charge is 0.415 e. The van der Waals surface area contributed by atoms with E-state index in [9.17, 15) is 18.0 Å². The molecule has 1 unspecified atom stereocenters. The van der Waals surface area contributed by atoms with Gasteiger partial charge in [-0.05, 0) is 19.1 Å². The number of benzene rings is 1. The first kappa shape index (κ1) is 14.3. The lowest BCUT2D eigenvalue weighted by Gasteiger charge is -2.26. The Morgan fingerprint density at radius 3 is 2.39 bits per heavy atom. The zero-order valence-electron chi connectivity index (χ0n) is 9.84. The molecule has 0 saturated carbocycles. The fourth-order valence-electron chi connectivity index (χ4n) is 1.13. The molecule has 18 heavy (non-hydrogen) atoms. The third-order valence-corrected chi connectivity index (χ3v) is 2.42. The van der Waals surface area contributed by atoms with Crippen LogP contribution in [-0.4, -0.2) is 24.7 Å². The van der Waals surface area contributed by atoms with Gasteiger partial charge >= 0.3 is 6.18 Å². The van der Waals surface area contributed by atoms with Crippen molar-refractivity contribution in [3.63, 3.8) is 0 Å². The normalized spacial score (nSPS) is 14.8. The highest BCUT2D eigenvalue weighted by atomic mass is 19.4. The van der Waals surface area contributed by atoms with Gasteiger partial charge in [-0.1, -0.05) is 12.1 Å². The van der Waals surface area contributed by atoms with Crippen LogP contribution < -0.4 is 15.8 Å². The lowest BCUT2D eigenvalue weighted by atomic mass is 10.0. The number of anilines is 1. The number of ether oxygens (including phenoxy) is 1. The monoisotopic (exact) mass is 262 g/mol. The molecule has 0 spiro atoms. The Labute approximate surface area is 102 Å². The molecule has 100 valence electrons. The second-order valence-corrected chi connectivity index (χ2v) is 3.85. The zero-order chi connectivity index (χ0) is 14.0. The van der Waals surface area contributed by atoms with Crippen molar-refractivity contribution in [2.75, 3.05) is 12.4 Å². The number of nitrogens with one attached hydrogen (secondary N) is 1. The van der Waals surface area contributed by atoms with Gasteiger partial charge in [0.05, 0.1) is 12.8 Å². The topological polar surface area (TPSA) is 64.3 Å². The average molecular weight is 262 g/mol. The second kappa shape index (κ2) is 4.85. The highest BCUT2D eigenvalue weighted by Crippen LogP contribution is 2.30. The number of amides is 1. The number of hydrogen-bond acceptors (Lipinski definition) is 3. The van der Waals surface area contributed by atoms with Gasteiger partial charge < -0.3 is 15.8 Å². The molecule has 1 amide bonds. The van der Waals surface area contributed by atoms with Crippen LogP contribution >= 0.6 is 0 Å². The SMILES string of the molecule is COc1ccccc1NC(=O)C(C)(N)C(F)(F)F.